The van der Waals surface area contributed by atoms with Gasteiger partial charge in [0.1, 0.15) is 0 Å². The number of hydrogen-bond acceptors (Lipinski definition) is 3. The van der Waals surface area contributed by atoms with Crippen molar-refractivity contribution in [2.24, 2.45) is 0 Å². The highest BCUT2D eigenvalue weighted by Crippen LogP contribution is 2.22. The van der Waals surface area contributed by atoms with Gasteiger partial charge in [0.05, 0.1) is 4.90 Å². The van der Waals surface area contributed by atoms with E-state index in [0.29, 0.717) is 34.7 Å². The van der Waals surface area contributed by atoms with Gasteiger partial charge in [-0.1, -0.05) is 12.2 Å². The molecule has 4 nitrogen and oxygen atoms in total. The minimum Gasteiger partial charge on any atom is -0.399 e. The Balaban J connectivity index is 2.98. The first kappa shape index (κ1) is 14.7. The fourth-order valence-electron chi connectivity index (χ4n) is 1.92. The van der Waals surface area contributed by atoms with Crippen LogP contribution in [-0.2, 0) is 10.0 Å². The molecule has 0 saturated heterocycles. The van der Waals surface area contributed by atoms with Gasteiger partial charge in [-0.3, -0.25) is 0 Å². The van der Waals surface area contributed by atoms with Crippen LogP contribution in [0.15, 0.2) is 29.2 Å². The normalized spacial score (nSPS) is 12.2. The number of anilines is 1. The second-order valence-electron chi connectivity index (χ2n) is 4.24. The van der Waals surface area contributed by atoms with Crippen LogP contribution in [0.1, 0.15) is 24.5 Å². The van der Waals surface area contributed by atoms with Crippen LogP contribution in [-0.4, -0.2) is 15.0 Å². The zero-order valence-corrected chi connectivity index (χ0v) is 11.8. The molecule has 0 bridgehead atoms. The first-order valence-electron chi connectivity index (χ1n) is 5.86. The monoisotopic (exact) mass is 268 g/mol. The Morgan fingerprint density at radius 2 is 1.83 bits per heavy atom. The van der Waals surface area contributed by atoms with Crippen molar-refractivity contribution in [3.63, 3.8) is 0 Å². The molecule has 0 aliphatic carbocycles. The smallest absolute Gasteiger partial charge is 0.241 e. The second kappa shape index (κ2) is 6.02. The maximum atomic E-state index is 12.2. The van der Waals surface area contributed by atoms with Crippen LogP contribution in [0.25, 0.3) is 0 Å². The van der Waals surface area contributed by atoms with Crippen LogP contribution in [0, 0.1) is 13.8 Å². The highest BCUT2D eigenvalue weighted by Gasteiger charge is 2.18. The van der Waals surface area contributed by atoms with Crippen molar-refractivity contribution in [3.8, 4) is 0 Å². The maximum Gasteiger partial charge on any atom is 0.241 e. The van der Waals surface area contributed by atoms with Crippen molar-refractivity contribution in [3.05, 3.63) is 35.4 Å². The van der Waals surface area contributed by atoms with E-state index in [9.17, 15) is 8.42 Å². The summed E-state index contributed by atoms with van der Waals surface area (Å²) < 4.78 is 26.9. The van der Waals surface area contributed by atoms with E-state index in [1.165, 1.54) is 0 Å². The van der Waals surface area contributed by atoms with E-state index in [0.717, 1.165) is 0 Å². The molecule has 18 heavy (non-hydrogen) atoms. The number of sulfonamides is 1. The summed E-state index contributed by atoms with van der Waals surface area (Å²) in [5, 5.41) is 0. The number of nitrogen functional groups attached to an aromatic ring is 1. The van der Waals surface area contributed by atoms with E-state index < -0.39 is 10.0 Å². The average Bonchev–Trinajstić information content (AvgIpc) is 2.22. The third-order valence-corrected chi connectivity index (χ3v) is 4.36. The molecule has 0 fully saturated rings. The Morgan fingerprint density at radius 1 is 1.28 bits per heavy atom. The lowest BCUT2D eigenvalue weighted by atomic mass is 10.1. The molecular weight excluding hydrogens is 248 g/mol. The molecule has 3 N–H and O–H groups in total. The molecule has 0 spiro atoms. The van der Waals surface area contributed by atoms with Crippen LogP contribution >= 0.6 is 0 Å². The van der Waals surface area contributed by atoms with Gasteiger partial charge in [-0.05, 0) is 50.5 Å². The summed E-state index contributed by atoms with van der Waals surface area (Å²) >= 11 is 0. The van der Waals surface area contributed by atoms with Gasteiger partial charge in [-0.15, -0.1) is 0 Å². The van der Waals surface area contributed by atoms with Gasteiger partial charge in [-0.25, -0.2) is 13.1 Å². The Morgan fingerprint density at radius 3 is 2.33 bits per heavy atom. The number of allylic oxidation sites excluding steroid dienone is 1. The van der Waals surface area contributed by atoms with E-state index in [2.05, 4.69) is 4.72 Å². The third kappa shape index (κ3) is 3.58. The number of aryl methyl sites for hydroxylation is 2. The predicted octanol–water partition coefficient (Wildman–Crippen LogP) is 2.13. The van der Waals surface area contributed by atoms with Gasteiger partial charge in [0.25, 0.3) is 0 Å². The highest BCUT2D eigenvalue weighted by atomic mass is 32.2. The zero-order valence-electron chi connectivity index (χ0n) is 11.0. The largest absolute Gasteiger partial charge is 0.399 e. The Kier molecular flexibility index (Phi) is 4.93. The summed E-state index contributed by atoms with van der Waals surface area (Å²) in [5.74, 6) is 0. The van der Waals surface area contributed by atoms with Crippen molar-refractivity contribution in [2.45, 2.75) is 32.1 Å². The highest BCUT2D eigenvalue weighted by molar-refractivity contribution is 7.89. The summed E-state index contributed by atoms with van der Waals surface area (Å²) in [5.41, 5.74) is 7.61. The summed E-state index contributed by atoms with van der Waals surface area (Å²) in [7, 11) is -3.46. The van der Waals surface area contributed by atoms with Crippen LogP contribution in [0.5, 0.6) is 0 Å². The van der Waals surface area contributed by atoms with Crippen LogP contribution in [0.3, 0.4) is 0 Å². The number of benzene rings is 1. The number of rotatable bonds is 5. The minimum absolute atomic E-state index is 0.331. The van der Waals surface area contributed by atoms with Gasteiger partial charge in [0.15, 0.2) is 0 Å². The Hall–Kier alpha value is -1.33. The number of hydrogen-bond donors (Lipinski definition) is 2. The van der Waals surface area contributed by atoms with E-state index in [1.54, 1.807) is 26.0 Å². The zero-order chi connectivity index (χ0) is 13.8. The Labute approximate surface area is 109 Å². The van der Waals surface area contributed by atoms with E-state index in [1.807, 2.05) is 19.1 Å². The average molecular weight is 268 g/mol. The lowest BCUT2D eigenvalue weighted by Gasteiger charge is -2.12. The molecule has 100 valence electrons. The van der Waals surface area contributed by atoms with Crippen molar-refractivity contribution >= 4 is 15.7 Å². The van der Waals surface area contributed by atoms with Crippen molar-refractivity contribution in [1.29, 1.82) is 0 Å². The third-order valence-electron chi connectivity index (χ3n) is 2.59. The van der Waals surface area contributed by atoms with E-state index >= 15 is 0 Å². The molecule has 0 amide bonds. The van der Waals surface area contributed by atoms with Gasteiger partial charge < -0.3 is 5.73 Å². The first-order valence-corrected chi connectivity index (χ1v) is 7.34. The molecule has 0 atom stereocenters. The fraction of sp³-hybridized carbons (Fsp3) is 0.385. The molecule has 0 unspecified atom stereocenters. The van der Waals surface area contributed by atoms with Crippen LogP contribution in [0.2, 0.25) is 0 Å². The SMILES string of the molecule is C/C=C/CCNS(=O)(=O)c1c(C)cc(N)cc1C. The number of nitrogens with one attached hydrogen (secondary N) is 1. The van der Waals surface area contributed by atoms with Crippen LogP contribution in [0.4, 0.5) is 5.69 Å². The van der Waals surface area contributed by atoms with Gasteiger partial charge >= 0.3 is 0 Å². The van der Waals surface area contributed by atoms with Gasteiger partial charge in [0, 0.05) is 12.2 Å². The summed E-state index contributed by atoms with van der Waals surface area (Å²) in [6, 6.07) is 3.35. The van der Waals surface area contributed by atoms with Gasteiger partial charge in [0.2, 0.25) is 10.0 Å². The molecule has 0 radical (unpaired) electrons. The predicted molar refractivity (Wildman–Crippen MR) is 74.9 cm³/mol. The molecule has 1 rings (SSSR count). The molecule has 0 aliphatic rings. The lowest BCUT2D eigenvalue weighted by molar-refractivity contribution is 0.581. The molecule has 0 heterocycles. The van der Waals surface area contributed by atoms with Crippen LogP contribution < -0.4 is 10.5 Å². The van der Waals surface area contributed by atoms with Crippen molar-refractivity contribution < 1.29 is 8.42 Å². The van der Waals surface area contributed by atoms with E-state index in [4.69, 9.17) is 5.73 Å². The minimum atomic E-state index is -3.46. The quantitative estimate of drug-likeness (QED) is 0.488. The second-order valence-corrected chi connectivity index (χ2v) is 5.94. The summed E-state index contributed by atoms with van der Waals surface area (Å²) in [6.45, 7) is 5.81. The number of nitrogens with two attached hydrogens (primary N) is 1. The Bertz CT molecular complexity index is 525. The van der Waals surface area contributed by atoms with Crippen molar-refractivity contribution in [1.82, 2.24) is 4.72 Å². The summed E-state index contributed by atoms with van der Waals surface area (Å²) in [6.07, 6.45) is 4.50. The maximum absolute atomic E-state index is 12.2. The molecule has 1 aromatic rings. The van der Waals surface area contributed by atoms with E-state index in [-0.39, 0.29) is 0 Å². The van der Waals surface area contributed by atoms with Crippen molar-refractivity contribution in [2.75, 3.05) is 12.3 Å². The summed E-state index contributed by atoms with van der Waals surface area (Å²) in [4.78, 5) is 0.331. The molecule has 5 heteroatoms. The topological polar surface area (TPSA) is 72.2 Å². The lowest BCUT2D eigenvalue weighted by Crippen LogP contribution is -2.26. The van der Waals surface area contributed by atoms with Gasteiger partial charge in [-0.2, -0.15) is 0 Å². The fourth-order valence-corrected chi connectivity index (χ4v) is 3.42. The molecule has 0 saturated carbocycles. The molecule has 0 aliphatic heterocycles. The molecule has 0 aromatic heterocycles. The standard InChI is InChI=1S/C13H20N2O2S/c1-4-5-6-7-15-18(16,17)13-10(2)8-12(14)9-11(13)3/h4-5,8-9,15H,6-7,14H2,1-3H3/b5-4+. The first-order chi connectivity index (χ1) is 8.38. The molecule has 1 aromatic carbocycles. The molecular formula is C13H20N2O2S.